The van der Waals surface area contributed by atoms with Crippen molar-refractivity contribution < 1.29 is 15.3 Å². The molecule has 0 aliphatic rings. The molecule has 3 heteroatoms. The summed E-state index contributed by atoms with van der Waals surface area (Å²) in [5, 5.41) is 31.7. The van der Waals surface area contributed by atoms with Crippen LogP contribution in [0.4, 0.5) is 0 Å². The fraction of sp³-hybridized carbons (Fsp3) is 0.357. The van der Waals surface area contributed by atoms with Crippen LogP contribution in [0.3, 0.4) is 0 Å². The Labute approximate surface area is 186 Å². The summed E-state index contributed by atoms with van der Waals surface area (Å²) in [7, 11) is 0. The Morgan fingerprint density at radius 2 is 0.742 bits per heavy atom. The number of hydrogen-bond donors (Lipinski definition) is 3. The standard InChI is InChI=1S/C28H34O3/c1-26(2,29)22-13-7-10-19(16-22)25(20-11-8-14-23(17-20)27(3,4)30)21-12-9-15-24(18-21)28(5,6)31/h7-18,25,29-31H,1-6H3. The lowest BCUT2D eigenvalue weighted by Crippen LogP contribution is -2.18. The highest BCUT2D eigenvalue weighted by Gasteiger charge is 2.25. The Hall–Kier alpha value is -2.46. The van der Waals surface area contributed by atoms with Crippen molar-refractivity contribution in [3.05, 3.63) is 106 Å². The first-order valence-corrected chi connectivity index (χ1v) is 10.8. The second kappa shape index (κ2) is 8.23. The lowest BCUT2D eigenvalue weighted by molar-refractivity contribution is 0.0781. The van der Waals surface area contributed by atoms with Gasteiger partial charge in [-0.15, -0.1) is 0 Å². The van der Waals surface area contributed by atoms with Crippen LogP contribution in [0.1, 0.15) is 80.8 Å². The number of aliphatic hydroxyl groups is 3. The molecule has 3 aromatic carbocycles. The molecule has 3 N–H and O–H groups in total. The summed E-state index contributed by atoms with van der Waals surface area (Å²) in [4.78, 5) is 0. The van der Waals surface area contributed by atoms with Gasteiger partial charge < -0.3 is 15.3 Å². The van der Waals surface area contributed by atoms with Gasteiger partial charge in [0.1, 0.15) is 0 Å². The van der Waals surface area contributed by atoms with Crippen LogP contribution < -0.4 is 0 Å². The first-order valence-electron chi connectivity index (χ1n) is 10.8. The third-order valence-electron chi connectivity index (χ3n) is 5.78. The van der Waals surface area contributed by atoms with Crippen molar-refractivity contribution in [2.75, 3.05) is 0 Å². The molecule has 0 aliphatic heterocycles. The quantitative estimate of drug-likeness (QED) is 0.460. The van der Waals surface area contributed by atoms with E-state index in [9.17, 15) is 15.3 Å². The maximum Gasteiger partial charge on any atom is 0.0840 e. The van der Waals surface area contributed by atoms with Gasteiger partial charge in [0.05, 0.1) is 16.8 Å². The van der Waals surface area contributed by atoms with Gasteiger partial charge in [0.15, 0.2) is 0 Å². The highest BCUT2D eigenvalue weighted by atomic mass is 16.3. The zero-order valence-corrected chi connectivity index (χ0v) is 19.3. The van der Waals surface area contributed by atoms with Crippen LogP contribution in [-0.2, 0) is 16.8 Å². The van der Waals surface area contributed by atoms with Crippen LogP contribution in [0.5, 0.6) is 0 Å². The van der Waals surface area contributed by atoms with E-state index in [0.717, 1.165) is 33.4 Å². The topological polar surface area (TPSA) is 60.7 Å². The zero-order valence-electron chi connectivity index (χ0n) is 19.3. The summed E-state index contributed by atoms with van der Waals surface area (Å²) >= 11 is 0. The number of hydrogen-bond acceptors (Lipinski definition) is 3. The zero-order chi connectivity index (χ0) is 23.0. The van der Waals surface area contributed by atoms with Crippen LogP contribution in [0.25, 0.3) is 0 Å². The van der Waals surface area contributed by atoms with Gasteiger partial charge in [0, 0.05) is 5.92 Å². The van der Waals surface area contributed by atoms with E-state index < -0.39 is 16.8 Å². The Bertz CT molecular complexity index is 910. The Morgan fingerprint density at radius 3 is 0.968 bits per heavy atom. The maximum absolute atomic E-state index is 10.6. The average Bonchev–Trinajstić information content (AvgIpc) is 2.67. The first-order chi connectivity index (χ1) is 14.3. The lowest BCUT2D eigenvalue weighted by atomic mass is 9.80. The number of benzene rings is 3. The second-order valence-electron chi connectivity index (χ2n) is 9.99. The molecule has 0 heterocycles. The minimum absolute atomic E-state index is 0.119. The van der Waals surface area contributed by atoms with Crippen LogP contribution in [-0.4, -0.2) is 15.3 Å². The van der Waals surface area contributed by atoms with Gasteiger partial charge in [-0.1, -0.05) is 72.8 Å². The summed E-state index contributed by atoms with van der Waals surface area (Å²) in [6.07, 6.45) is 0. The highest BCUT2D eigenvalue weighted by molar-refractivity contribution is 5.47. The van der Waals surface area contributed by atoms with Crippen molar-refractivity contribution >= 4 is 0 Å². The third kappa shape index (κ3) is 5.43. The van der Waals surface area contributed by atoms with E-state index in [0.29, 0.717) is 0 Å². The predicted octanol–water partition coefficient (Wildman–Crippen LogP) is 5.55. The van der Waals surface area contributed by atoms with E-state index in [2.05, 4.69) is 18.2 Å². The summed E-state index contributed by atoms with van der Waals surface area (Å²) in [5.74, 6) is -0.119. The molecule has 164 valence electrons. The highest BCUT2D eigenvalue weighted by Crippen LogP contribution is 2.37. The van der Waals surface area contributed by atoms with E-state index in [-0.39, 0.29) is 5.92 Å². The van der Waals surface area contributed by atoms with Gasteiger partial charge in [-0.2, -0.15) is 0 Å². The van der Waals surface area contributed by atoms with Gasteiger partial charge >= 0.3 is 0 Å². The minimum Gasteiger partial charge on any atom is -0.386 e. The molecule has 3 aromatic rings. The average molecular weight is 419 g/mol. The molecule has 3 nitrogen and oxygen atoms in total. The minimum atomic E-state index is -0.954. The number of rotatable bonds is 6. The van der Waals surface area contributed by atoms with Crippen molar-refractivity contribution in [2.24, 2.45) is 0 Å². The van der Waals surface area contributed by atoms with Crippen molar-refractivity contribution in [1.82, 2.24) is 0 Å². The molecule has 0 atom stereocenters. The van der Waals surface area contributed by atoms with E-state index in [4.69, 9.17) is 0 Å². The van der Waals surface area contributed by atoms with Gasteiger partial charge in [-0.3, -0.25) is 0 Å². The maximum atomic E-state index is 10.6. The molecule has 0 radical (unpaired) electrons. The molecule has 0 unspecified atom stereocenters. The monoisotopic (exact) mass is 418 g/mol. The third-order valence-corrected chi connectivity index (χ3v) is 5.78. The molecule has 0 bridgehead atoms. The summed E-state index contributed by atoms with van der Waals surface area (Å²) in [6, 6.07) is 24.0. The molecular weight excluding hydrogens is 384 g/mol. The summed E-state index contributed by atoms with van der Waals surface area (Å²) in [6.45, 7) is 10.7. The van der Waals surface area contributed by atoms with Gasteiger partial charge in [-0.25, -0.2) is 0 Å². The SMILES string of the molecule is CC(C)(O)c1cccc(C(c2cccc(C(C)(C)O)c2)c2cccc(C(C)(C)O)c2)c1. The fourth-order valence-electron chi connectivity index (χ4n) is 3.87. The van der Waals surface area contributed by atoms with Crippen LogP contribution in [0.2, 0.25) is 0 Å². The summed E-state index contributed by atoms with van der Waals surface area (Å²) < 4.78 is 0. The lowest BCUT2D eigenvalue weighted by Gasteiger charge is -2.26. The van der Waals surface area contributed by atoms with Crippen LogP contribution >= 0.6 is 0 Å². The molecule has 0 fully saturated rings. The molecular formula is C28H34O3. The second-order valence-corrected chi connectivity index (χ2v) is 9.99. The van der Waals surface area contributed by atoms with Crippen LogP contribution in [0, 0.1) is 0 Å². The van der Waals surface area contributed by atoms with E-state index in [1.165, 1.54) is 0 Å². The van der Waals surface area contributed by atoms with Gasteiger partial charge in [0.2, 0.25) is 0 Å². The molecule has 0 aromatic heterocycles. The first kappa shape index (κ1) is 23.2. The molecule has 31 heavy (non-hydrogen) atoms. The van der Waals surface area contributed by atoms with Crippen molar-refractivity contribution in [3.8, 4) is 0 Å². The molecule has 0 spiro atoms. The largest absolute Gasteiger partial charge is 0.386 e. The molecule has 0 aliphatic carbocycles. The summed E-state index contributed by atoms with van der Waals surface area (Å²) in [5.41, 5.74) is 2.78. The predicted molar refractivity (Wildman–Crippen MR) is 126 cm³/mol. The Balaban J connectivity index is 2.24. The molecule has 0 saturated carbocycles. The fourth-order valence-corrected chi connectivity index (χ4v) is 3.87. The molecule has 3 rings (SSSR count). The molecule has 0 saturated heterocycles. The van der Waals surface area contributed by atoms with E-state index in [1.54, 1.807) is 41.5 Å². The smallest absolute Gasteiger partial charge is 0.0840 e. The van der Waals surface area contributed by atoms with E-state index in [1.807, 2.05) is 54.6 Å². The van der Waals surface area contributed by atoms with Gasteiger partial charge in [-0.05, 0) is 74.9 Å². The van der Waals surface area contributed by atoms with Crippen molar-refractivity contribution in [2.45, 2.75) is 64.3 Å². The van der Waals surface area contributed by atoms with E-state index >= 15 is 0 Å². The van der Waals surface area contributed by atoms with Crippen molar-refractivity contribution in [1.29, 1.82) is 0 Å². The van der Waals surface area contributed by atoms with Gasteiger partial charge in [0.25, 0.3) is 0 Å². The molecule has 0 amide bonds. The normalized spacial score (nSPS) is 13.0. The van der Waals surface area contributed by atoms with Crippen LogP contribution in [0.15, 0.2) is 72.8 Å². The Morgan fingerprint density at radius 1 is 0.484 bits per heavy atom. The Kier molecular flexibility index (Phi) is 6.16. The van der Waals surface area contributed by atoms with Crippen molar-refractivity contribution in [3.63, 3.8) is 0 Å².